The number of piperidine rings is 1. The van der Waals surface area contributed by atoms with Crippen LogP contribution in [0.15, 0.2) is 61.2 Å². The molecule has 0 saturated carbocycles. The van der Waals surface area contributed by atoms with Crippen molar-refractivity contribution in [3.63, 3.8) is 0 Å². The molecule has 212 valence electrons. The van der Waals surface area contributed by atoms with Crippen molar-refractivity contribution >= 4 is 11.8 Å². The lowest BCUT2D eigenvalue weighted by Gasteiger charge is -2.41. The lowest BCUT2D eigenvalue weighted by atomic mass is 9.73. The van der Waals surface area contributed by atoms with Crippen molar-refractivity contribution in [1.29, 1.82) is 0 Å². The Bertz CT molecular complexity index is 1280. The number of likely N-dealkylation sites (tertiary alicyclic amines) is 1. The van der Waals surface area contributed by atoms with Crippen LogP contribution in [0.4, 0.5) is 0 Å². The molecule has 1 spiro atoms. The van der Waals surface area contributed by atoms with Gasteiger partial charge in [-0.25, -0.2) is 4.98 Å². The Morgan fingerprint density at radius 2 is 1.85 bits per heavy atom. The minimum Gasteiger partial charge on any atom is -0.496 e. The maximum absolute atomic E-state index is 13.5. The zero-order valence-electron chi connectivity index (χ0n) is 23.2. The Labute approximate surface area is 235 Å². The number of para-hydroxylation sites is 1. The van der Waals surface area contributed by atoms with Crippen LogP contribution >= 0.6 is 0 Å². The Balaban J connectivity index is 1.21. The van der Waals surface area contributed by atoms with Crippen molar-refractivity contribution in [2.75, 3.05) is 39.9 Å². The van der Waals surface area contributed by atoms with Crippen LogP contribution in [-0.4, -0.2) is 66.2 Å². The summed E-state index contributed by atoms with van der Waals surface area (Å²) < 4.78 is 13.5. The molecule has 0 unspecified atom stereocenters. The van der Waals surface area contributed by atoms with Gasteiger partial charge in [-0.05, 0) is 68.6 Å². The fourth-order valence-electron chi connectivity index (χ4n) is 5.80. The summed E-state index contributed by atoms with van der Waals surface area (Å²) in [5.41, 5.74) is 2.49. The molecule has 1 saturated heterocycles. The summed E-state index contributed by atoms with van der Waals surface area (Å²) in [6.07, 6.45) is 9.71. The molecule has 1 fully saturated rings. The van der Waals surface area contributed by atoms with Gasteiger partial charge in [0.2, 0.25) is 5.91 Å². The lowest BCUT2D eigenvalue weighted by molar-refractivity contribution is -0.134. The van der Waals surface area contributed by atoms with Gasteiger partial charge in [-0.1, -0.05) is 24.6 Å². The highest BCUT2D eigenvalue weighted by molar-refractivity contribution is 5.96. The SMILES string of the molecule is COc1ccc(CN2CCC3(CCCCNC(=O)c4ccccc4OCCNC3=O)CC2)cc1Cn1ccnc1. The molecule has 1 aromatic heterocycles. The summed E-state index contributed by atoms with van der Waals surface area (Å²) in [6, 6.07) is 13.6. The van der Waals surface area contributed by atoms with Crippen LogP contribution in [-0.2, 0) is 17.9 Å². The molecular weight excluding hydrogens is 506 g/mol. The number of carbonyl (C=O) groups excluding carboxylic acids is 2. The number of amides is 2. The van der Waals surface area contributed by atoms with Crippen LogP contribution in [0.1, 0.15) is 53.6 Å². The van der Waals surface area contributed by atoms with E-state index < -0.39 is 5.41 Å². The first-order valence-electron chi connectivity index (χ1n) is 14.2. The maximum Gasteiger partial charge on any atom is 0.255 e. The van der Waals surface area contributed by atoms with E-state index >= 15 is 0 Å². The van der Waals surface area contributed by atoms with Crippen molar-refractivity contribution in [2.45, 2.75) is 45.2 Å². The van der Waals surface area contributed by atoms with Gasteiger partial charge in [0.05, 0.1) is 37.5 Å². The number of nitrogens with one attached hydrogen (secondary N) is 2. The number of fused-ring (bicyclic) bond motifs is 1. The number of hydrogen-bond donors (Lipinski definition) is 2. The van der Waals surface area contributed by atoms with E-state index in [1.807, 2.05) is 35.3 Å². The molecule has 0 aliphatic carbocycles. The van der Waals surface area contributed by atoms with Crippen molar-refractivity contribution in [1.82, 2.24) is 25.1 Å². The van der Waals surface area contributed by atoms with Crippen LogP contribution in [0.5, 0.6) is 11.5 Å². The summed E-state index contributed by atoms with van der Waals surface area (Å²) in [4.78, 5) is 32.8. The molecule has 0 radical (unpaired) electrons. The normalized spacial score (nSPS) is 18.6. The third-order valence-electron chi connectivity index (χ3n) is 8.10. The molecule has 9 heteroatoms. The van der Waals surface area contributed by atoms with Gasteiger partial charge >= 0.3 is 0 Å². The van der Waals surface area contributed by atoms with E-state index in [0.717, 1.165) is 63.1 Å². The first-order valence-corrected chi connectivity index (χ1v) is 14.2. The van der Waals surface area contributed by atoms with Gasteiger partial charge in [-0.15, -0.1) is 0 Å². The first-order chi connectivity index (χ1) is 19.6. The number of carbonyl (C=O) groups is 2. The summed E-state index contributed by atoms with van der Waals surface area (Å²) in [7, 11) is 1.70. The van der Waals surface area contributed by atoms with Gasteiger partial charge in [0, 0.05) is 31.0 Å². The Kier molecular flexibility index (Phi) is 9.01. The van der Waals surface area contributed by atoms with E-state index in [1.54, 1.807) is 25.4 Å². The molecule has 2 amide bonds. The molecule has 2 aliphatic heterocycles. The highest BCUT2D eigenvalue weighted by Gasteiger charge is 2.40. The number of ether oxygens (including phenoxy) is 2. The molecule has 0 bridgehead atoms. The van der Waals surface area contributed by atoms with E-state index in [-0.39, 0.29) is 11.8 Å². The minimum atomic E-state index is -0.394. The average Bonchev–Trinajstić information content (AvgIpc) is 3.49. The summed E-state index contributed by atoms with van der Waals surface area (Å²) in [5, 5.41) is 6.15. The van der Waals surface area contributed by atoms with Crippen molar-refractivity contribution in [2.24, 2.45) is 5.41 Å². The van der Waals surface area contributed by atoms with E-state index in [1.165, 1.54) is 5.56 Å². The van der Waals surface area contributed by atoms with Crippen LogP contribution in [0, 0.1) is 5.41 Å². The zero-order chi connectivity index (χ0) is 27.8. The first kappa shape index (κ1) is 27.7. The Hall–Kier alpha value is -3.85. The topological polar surface area (TPSA) is 97.7 Å². The van der Waals surface area contributed by atoms with Gasteiger partial charge < -0.3 is 24.7 Å². The molecule has 2 aromatic carbocycles. The summed E-state index contributed by atoms with van der Waals surface area (Å²) in [6.45, 7) is 4.56. The van der Waals surface area contributed by atoms with E-state index in [0.29, 0.717) is 37.6 Å². The molecule has 0 atom stereocenters. The third-order valence-corrected chi connectivity index (χ3v) is 8.10. The second-order valence-corrected chi connectivity index (χ2v) is 10.8. The molecule has 2 N–H and O–H groups in total. The number of hydrogen-bond acceptors (Lipinski definition) is 6. The molecule has 9 nitrogen and oxygen atoms in total. The van der Waals surface area contributed by atoms with Gasteiger partial charge in [-0.2, -0.15) is 0 Å². The Morgan fingerprint density at radius 1 is 1.00 bits per heavy atom. The van der Waals surface area contributed by atoms with Crippen LogP contribution in [0.3, 0.4) is 0 Å². The fourth-order valence-corrected chi connectivity index (χ4v) is 5.80. The van der Waals surface area contributed by atoms with Crippen LogP contribution in [0.2, 0.25) is 0 Å². The molecule has 5 rings (SSSR count). The summed E-state index contributed by atoms with van der Waals surface area (Å²) >= 11 is 0. The molecular formula is C31H39N5O4. The van der Waals surface area contributed by atoms with Gasteiger partial charge in [0.25, 0.3) is 5.91 Å². The second kappa shape index (κ2) is 13.0. The average molecular weight is 546 g/mol. The predicted molar refractivity (Wildman–Crippen MR) is 152 cm³/mol. The molecule has 40 heavy (non-hydrogen) atoms. The quantitative estimate of drug-likeness (QED) is 0.508. The van der Waals surface area contributed by atoms with E-state index in [2.05, 4.69) is 32.7 Å². The number of benzene rings is 2. The van der Waals surface area contributed by atoms with Crippen molar-refractivity contribution < 1.29 is 19.1 Å². The highest BCUT2D eigenvalue weighted by Crippen LogP contribution is 2.37. The standard InChI is InChI=1S/C31H39N5O4/c1-39-27-9-8-24(20-25(27)22-36-18-14-32-23-36)21-35-16-11-31(12-17-35)10-4-5-13-33-29(37)26-6-2-3-7-28(26)40-19-15-34-30(31)38/h2-3,6-9,14,18,20,23H,4-5,10-13,15-17,19,21-22H2,1H3,(H,33,37)(H,34,38). The number of methoxy groups -OCH3 is 1. The smallest absolute Gasteiger partial charge is 0.255 e. The van der Waals surface area contributed by atoms with E-state index in [9.17, 15) is 9.59 Å². The van der Waals surface area contributed by atoms with Crippen molar-refractivity contribution in [3.05, 3.63) is 77.9 Å². The van der Waals surface area contributed by atoms with Crippen molar-refractivity contribution in [3.8, 4) is 11.5 Å². The third kappa shape index (κ3) is 6.65. The van der Waals surface area contributed by atoms with Gasteiger partial charge in [0.15, 0.2) is 0 Å². The zero-order valence-corrected chi connectivity index (χ0v) is 23.2. The molecule has 3 heterocycles. The van der Waals surface area contributed by atoms with E-state index in [4.69, 9.17) is 9.47 Å². The maximum atomic E-state index is 13.5. The highest BCUT2D eigenvalue weighted by atomic mass is 16.5. The van der Waals surface area contributed by atoms with Crippen LogP contribution in [0.25, 0.3) is 0 Å². The van der Waals surface area contributed by atoms with Crippen LogP contribution < -0.4 is 20.1 Å². The molecule has 2 aliphatic rings. The Morgan fingerprint density at radius 3 is 2.65 bits per heavy atom. The molecule has 3 aromatic rings. The fraction of sp³-hybridized carbons (Fsp3) is 0.452. The van der Waals surface area contributed by atoms with Gasteiger partial charge in [-0.3, -0.25) is 14.5 Å². The number of aromatic nitrogens is 2. The number of rotatable bonds is 5. The summed E-state index contributed by atoms with van der Waals surface area (Å²) in [5.74, 6) is 1.42. The number of nitrogens with zero attached hydrogens (tertiary/aromatic N) is 3. The lowest BCUT2D eigenvalue weighted by Crippen LogP contribution is -2.49. The largest absolute Gasteiger partial charge is 0.496 e. The monoisotopic (exact) mass is 545 g/mol. The second-order valence-electron chi connectivity index (χ2n) is 10.8. The number of imidazole rings is 1. The van der Waals surface area contributed by atoms with Gasteiger partial charge in [0.1, 0.15) is 18.1 Å². The minimum absolute atomic E-state index is 0.119. The predicted octanol–water partition coefficient (Wildman–Crippen LogP) is 3.63.